The number of carbonyl (C=O) groups excluding carboxylic acids is 2. The Hall–Kier alpha value is -4.10. The summed E-state index contributed by atoms with van der Waals surface area (Å²) < 4.78 is 90.1. The van der Waals surface area contributed by atoms with Crippen LogP contribution in [0.15, 0.2) is 35.6 Å². The summed E-state index contributed by atoms with van der Waals surface area (Å²) in [6, 6.07) is 1.99. The molecule has 3 N–H and O–H groups in total. The van der Waals surface area contributed by atoms with E-state index in [1.165, 1.54) is 37.4 Å². The van der Waals surface area contributed by atoms with E-state index in [1.54, 1.807) is 14.0 Å². The zero-order valence-corrected chi connectivity index (χ0v) is 24.7. The molecule has 0 radical (unpaired) electrons. The van der Waals surface area contributed by atoms with Crippen molar-refractivity contribution in [2.75, 3.05) is 46.2 Å². The Morgan fingerprint density at radius 3 is 2.57 bits per heavy atom. The van der Waals surface area contributed by atoms with Crippen LogP contribution in [0.1, 0.15) is 33.2 Å². The van der Waals surface area contributed by atoms with Gasteiger partial charge >= 0.3 is 5.51 Å². The Kier molecular flexibility index (Phi) is 9.59. The van der Waals surface area contributed by atoms with Crippen LogP contribution in [0.2, 0.25) is 0 Å². The number of rotatable bonds is 7. The first kappa shape index (κ1) is 32.8. The van der Waals surface area contributed by atoms with Crippen molar-refractivity contribution in [1.82, 2.24) is 24.9 Å². The number of hydrogen-bond donors (Lipinski definition) is 3. The third kappa shape index (κ3) is 7.33. The van der Waals surface area contributed by atoms with Gasteiger partial charge in [-0.05, 0) is 25.1 Å². The fraction of sp³-hybridized carbons (Fsp3) is 0.393. The van der Waals surface area contributed by atoms with Crippen molar-refractivity contribution in [3.63, 3.8) is 0 Å². The highest BCUT2D eigenvalue weighted by atomic mass is 32.2. The largest absolute Gasteiger partial charge is 0.495 e. The van der Waals surface area contributed by atoms with Gasteiger partial charge in [-0.25, -0.2) is 18.2 Å². The third-order valence-electron chi connectivity index (χ3n) is 6.79. The Balaban J connectivity index is 1.65. The van der Waals surface area contributed by atoms with Gasteiger partial charge in [0.2, 0.25) is 0 Å². The van der Waals surface area contributed by atoms with Gasteiger partial charge in [0, 0.05) is 43.2 Å². The van der Waals surface area contributed by atoms with Crippen LogP contribution in [-0.2, 0) is 0 Å². The molecule has 3 heterocycles. The standard InChI is InChI=1S/C28H28F6N6O3S/c1-15-12-39(3)14-27(30,31)23(15)38-26(42)18-8-16(13-40-22(11-37-24(18)40)44-28(32,33)34)6-5-7-36-20-10-19(29)17(25(41)35-2)9-21(20)43-4/h8-11,13,15,23,36H,7,12,14H2,1-4H3,(H,35,41)(H,38,42)/t15-,23+/m0/s1. The first-order chi connectivity index (χ1) is 20.6. The van der Waals surface area contributed by atoms with Gasteiger partial charge in [-0.2, -0.15) is 13.2 Å². The van der Waals surface area contributed by atoms with Gasteiger partial charge in [-0.1, -0.05) is 18.8 Å². The number of ether oxygens (including phenoxy) is 1. The van der Waals surface area contributed by atoms with Gasteiger partial charge < -0.3 is 25.6 Å². The minimum absolute atomic E-state index is 0.0859. The zero-order valence-electron chi connectivity index (χ0n) is 23.9. The number of benzene rings is 1. The molecule has 1 fully saturated rings. The number of hydrogen-bond acceptors (Lipinski definition) is 7. The molecular formula is C28H28F6N6O3S. The summed E-state index contributed by atoms with van der Waals surface area (Å²) in [7, 11) is 4.21. The maximum Gasteiger partial charge on any atom is 0.447 e. The van der Waals surface area contributed by atoms with Crippen LogP contribution < -0.4 is 20.7 Å². The predicted octanol–water partition coefficient (Wildman–Crippen LogP) is 4.23. The molecule has 2 aromatic heterocycles. The molecule has 0 bridgehead atoms. The maximum absolute atomic E-state index is 14.8. The minimum Gasteiger partial charge on any atom is -0.495 e. The van der Waals surface area contributed by atoms with E-state index in [-0.39, 0.29) is 45.3 Å². The number of thioether (sulfide) groups is 1. The van der Waals surface area contributed by atoms with Crippen molar-refractivity contribution in [3.8, 4) is 17.6 Å². The number of nitrogens with one attached hydrogen (secondary N) is 3. The number of pyridine rings is 1. The molecule has 2 atom stereocenters. The number of aromatic nitrogens is 2. The molecule has 2 amide bonds. The van der Waals surface area contributed by atoms with E-state index in [1.807, 2.05) is 0 Å². The monoisotopic (exact) mass is 642 g/mol. The van der Waals surface area contributed by atoms with Crippen LogP contribution in [-0.4, -0.2) is 84.4 Å². The number of amides is 2. The Morgan fingerprint density at radius 2 is 1.93 bits per heavy atom. The number of halogens is 6. The van der Waals surface area contributed by atoms with Crippen LogP contribution in [0, 0.1) is 23.6 Å². The van der Waals surface area contributed by atoms with Crippen LogP contribution in [0.4, 0.5) is 32.0 Å². The van der Waals surface area contributed by atoms with Gasteiger partial charge in [-0.3, -0.25) is 14.0 Å². The molecule has 1 aromatic carbocycles. The number of fused-ring (bicyclic) bond motifs is 1. The van der Waals surface area contributed by atoms with Gasteiger partial charge in [-0.15, -0.1) is 0 Å². The number of likely N-dealkylation sites (tertiary alicyclic amines) is 1. The van der Waals surface area contributed by atoms with Crippen molar-refractivity contribution >= 4 is 34.9 Å². The second-order valence-corrected chi connectivity index (χ2v) is 11.2. The molecule has 236 valence electrons. The molecule has 4 rings (SSSR count). The van der Waals surface area contributed by atoms with Crippen LogP contribution in [0.5, 0.6) is 5.75 Å². The third-order valence-corrected chi connectivity index (χ3v) is 7.53. The molecule has 1 aliphatic heterocycles. The lowest BCUT2D eigenvalue weighted by atomic mass is 9.90. The van der Waals surface area contributed by atoms with Crippen LogP contribution >= 0.6 is 11.8 Å². The first-order valence-corrected chi connectivity index (χ1v) is 13.9. The second-order valence-electron chi connectivity index (χ2n) is 10.1. The summed E-state index contributed by atoms with van der Waals surface area (Å²) in [5.74, 6) is -0.691. The zero-order chi connectivity index (χ0) is 32.4. The lowest BCUT2D eigenvalue weighted by Gasteiger charge is -2.41. The van der Waals surface area contributed by atoms with E-state index in [9.17, 15) is 35.9 Å². The van der Waals surface area contributed by atoms with Crippen molar-refractivity contribution in [1.29, 1.82) is 0 Å². The van der Waals surface area contributed by atoms with Crippen molar-refractivity contribution in [2.24, 2.45) is 5.92 Å². The van der Waals surface area contributed by atoms with Crippen LogP contribution in [0.3, 0.4) is 0 Å². The van der Waals surface area contributed by atoms with Crippen LogP contribution in [0.25, 0.3) is 5.65 Å². The van der Waals surface area contributed by atoms with Crippen molar-refractivity contribution in [2.45, 2.75) is 29.4 Å². The molecule has 1 saturated heterocycles. The summed E-state index contributed by atoms with van der Waals surface area (Å²) in [6.45, 7) is 1.18. The quantitative estimate of drug-likeness (QED) is 0.202. The van der Waals surface area contributed by atoms with E-state index in [4.69, 9.17) is 4.74 Å². The lowest BCUT2D eigenvalue weighted by molar-refractivity contribution is -0.101. The number of piperidine rings is 1. The maximum atomic E-state index is 14.8. The fourth-order valence-corrected chi connectivity index (χ4v) is 5.53. The van der Waals surface area contributed by atoms with E-state index in [0.717, 1.165) is 16.7 Å². The van der Waals surface area contributed by atoms with Gasteiger partial charge in [0.25, 0.3) is 17.7 Å². The molecule has 1 aliphatic rings. The minimum atomic E-state index is -4.67. The highest BCUT2D eigenvalue weighted by Crippen LogP contribution is 2.37. The van der Waals surface area contributed by atoms with E-state index >= 15 is 0 Å². The van der Waals surface area contributed by atoms with Gasteiger partial charge in [0.05, 0.1) is 49.3 Å². The molecule has 0 unspecified atom stereocenters. The molecule has 9 nitrogen and oxygen atoms in total. The molecule has 0 aliphatic carbocycles. The number of carbonyl (C=O) groups is 2. The molecule has 0 saturated carbocycles. The number of anilines is 1. The highest BCUT2D eigenvalue weighted by Gasteiger charge is 2.48. The topological polar surface area (TPSA) is 100 Å². The Bertz CT molecular complexity index is 1630. The Labute approximate surface area is 252 Å². The average Bonchev–Trinajstić information content (AvgIpc) is 3.32. The fourth-order valence-electron chi connectivity index (χ4n) is 4.95. The van der Waals surface area contributed by atoms with Gasteiger partial charge in [0.1, 0.15) is 16.6 Å². The highest BCUT2D eigenvalue weighted by molar-refractivity contribution is 8.00. The van der Waals surface area contributed by atoms with Crippen molar-refractivity contribution < 1.29 is 40.7 Å². The molecule has 0 spiro atoms. The number of nitrogens with zero attached hydrogens (tertiary/aromatic N) is 3. The number of alkyl halides is 5. The molecular weight excluding hydrogens is 614 g/mol. The smallest absolute Gasteiger partial charge is 0.447 e. The predicted molar refractivity (Wildman–Crippen MR) is 152 cm³/mol. The molecule has 3 aromatic rings. The summed E-state index contributed by atoms with van der Waals surface area (Å²) in [5, 5.41) is 7.15. The molecule has 44 heavy (non-hydrogen) atoms. The number of imidazole rings is 1. The van der Waals surface area contributed by atoms with E-state index in [0.29, 0.717) is 6.54 Å². The normalized spacial score (nSPS) is 18.3. The lowest BCUT2D eigenvalue weighted by Crippen LogP contribution is -2.61. The molecule has 16 heteroatoms. The van der Waals surface area contributed by atoms with Crippen molar-refractivity contribution in [3.05, 3.63) is 53.1 Å². The summed E-state index contributed by atoms with van der Waals surface area (Å²) in [5.41, 5.74) is -5.05. The average molecular weight is 643 g/mol. The summed E-state index contributed by atoms with van der Waals surface area (Å²) in [4.78, 5) is 30.6. The summed E-state index contributed by atoms with van der Waals surface area (Å²) in [6.07, 6.45) is 2.17. The second kappa shape index (κ2) is 12.9. The van der Waals surface area contributed by atoms with Gasteiger partial charge in [0.15, 0.2) is 5.65 Å². The van der Waals surface area contributed by atoms with E-state index < -0.39 is 59.3 Å². The Morgan fingerprint density at radius 1 is 1.20 bits per heavy atom. The SMILES string of the molecule is CNC(=O)c1cc(OC)c(NCC#Cc2cc(C(=O)N[C@@H]3[C@@H](C)CN(C)CC3(F)F)c3ncc(SC(F)(F)F)n3c2)cc1F. The number of methoxy groups -OCH3 is 1. The first-order valence-electron chi connectivity index (χ1n) is 13.1. The summed E-state index contributed by atoms with van der Waals surface area (Å²) >= 11 is -0.457. The van der Waals surface area contributed by atoms with E-state index in [2.05, 4.69) is 32.8 Å².